The average molecular weight is 323 g/mol. The van der Waals surface area contributed by atoms with E-state index in [9.17, 15) is 4.39 Å². The van der Waals surface area contributed by atoms with Crippen LogP contribution in [0.25, 0.3) is 0 Å². The number of nitrogens with two attached hydrogens (primary N) is 1. The average Bonchev–Trinajstić information content (AvgIpc) is 2.37. The third kappa shape index (κ3) is 3.14. The highest BCUT2D eigenvalue weighted by Crippen LogP contribution is 2.30. The van der Waals surface area contributed by atoms with Gasteiger partial charge >= 0.3 is 0 Å². The van der Waals surface area contributed by atoms with E-state index in [1.165, 1.54) is 12.1 Å². The smallest absolute Gasteiger partial charge is 0.125 e. The number of benzene rings is 2. The van der Waals surface area contributed by atoms with E-state index >= 15 is 0 Å². The topological polar surface area (TPSA) is 29.3 Å². The number of nitrogens with zero attached hydrogens (tertiary/aromatic N) is 1. The number of rotatable bonds is 3. The molecule has 0 saturated heterocycles. The van der Waals surface area contributed by atoms with Gasteiger partial charge in [0.2, 0.25) is 0 Å². The molecule has 100 valence electrons. The molecule has 0 radical (unpaired) electrons. The summed E-state index contributed by atoms with van der Waals surface area (Å²) in [7, 11) is 1.90. The quantitative estimate of drug-likeness (QED) is 0.908. The number of halogens is 2. The SMILES string of the molecule is C[C@H](N)c1ccc(N(C)c2cccc(F)c2)cc1Br. The fraction of sp³-hybridized carbons (Fsp3) is 0.200. The van der Waals surface area contributed by atoms with Gasteiger partial charge in [-0.15, -0.1) is 0 Å². The van der Waals surface area contributed by atoms with Crippen LogP contribution in [0.2, 0.25) is 0 Å². The van der Waals surface area contributed by atoms with E-state index in [-0.39, 0.29) is 11.9 Å². The molecule has 1 atom stereocenters. The van der Waals surface area contributed by atoms with E-state index in [0.29, 0.717) is 0 Å². The van der Waals surface area contributed by atoms with Gasteiger partial charge in [-0.05, 0) is 42.8 Å². The van der Waals surface area contributed by atoms with Gasteiger partial charge < -0.3 is 10.6 Å². The lowest BCUT2D eigenvalue weighted by atomic mass is 10.1. The summed E-state index contributed by atoms with van der Waals surface area (Å²) in [6, 6.07) is 12.4. The monoisotopic (exact) mass is 322 g/mol. The Kier molecular flexibility index (Phi) is 4.22. The lowest BCUT2D eigenvalue weighted by Gasteiger charge is -2.21. The Morgan fingerprint density at radius 2 is 1.84 bits per heavy atom. The van der Waals surface area contributed by atoms with Crippen molar-refractivity contribution in [1.29, 1.82) is 0 Å². The van der Waals surface area contributed by atoms with Gasteiger partial charge in [0.1, 0.15) is 5.82 Å². The Morgan fingerprint density at radius 3 is 2.42 bits per heavy atom. The van der Waals surface area contributed by atoms with Crippen LogP contribution in [0.5, 0.6) is 0 Å². The zero-order chi connectivity index (χ0) is 14.0. The maximum Gasteiger partial charge on any atom is 0.125 e. The van der Waals surface area contributed by atoms with Gasteiger partial charge in [0.25, 0.3) is 0 Å². The highest BCUT2D eigenvalue weighted by atomic mass is 79.9. The van der Waals surface area contributed by atoms with Gasteiger partial charge in [0.05, 0.1) is 0 Å². The van der Waals surface area contributed by atoms with Crippen LogP contribution in [-0.2, 0) is 0 Å². The lowest BCUT2D eigenvalue weighted by Crippen LogP contribution is -2.11. The maximum absolute atomic E-state index is 13.2. The molecule has 0 aliphatic rings. The van der Waals surface area contributed by atoms with E-state index in [4.69, 9.17) is 5.73 Å². The van der Waals surface area contributed by atoms with Crippen LogP contribution in [0, 0.1) is 5.82 Å². The molecule has 4 heteroatoms. The molecule has 0 spiro atoms. The van der Waals surface area contributed by atoms with Crippen molar-refractivity contribution in [2.24, 2.45) is 5.73 Å². The van der Waals surface area contributed by atoms with Gasteiger partial charge in [-0.2, -0.15) is 0 Å². The van der Waals surface area contributed by atoms with Crippen LogP contribution >= 0.6 is 15.9 Å². The van der Waals surface area contributed by atoms with Crippen molar-refractivity contribution < 1.29 is 4.39 Å². The van der Waals surface area contributed by atoms with Gasteiger partial charge in [-0.1, -0.05) is 28.1 Å². The number of anilines is 2. The molecule has 2 aromatic carbocycles. The van der Waals surface area contributed by atoms with Crippen molar-refractivity contribution in [2.75, 3.05) is 11.9 Å². The molecular weight excluding hydrogens is 307 g/mol. The van der Waals surface area contributed by atoms with Crippen LogP contribution in [0.15, 0.2) is 46.9 Å². The van der Waals surface area contributed by atoms with Gasteiger partial charge in [0, 0.05) is 28.9 Å². The highest BCUT2D eigenvalue weighted by molar-refractivity contribution is 9.10. The predicted molar refractivity (Wildman–Crippen MR) is 81.2 cm³/mol. The van der Waals surface area contributed by atoms with Crippen LogP contribution < -0.4 is 10.6 Å². The summed E-state index contributed by atoms with van der Waals surface area (Å²) in [6.07, 6.45) is 0. The minimum Gasteiger partial charge on any atom is -0.345 e. The zero-order valence-corrected chi connectivity index (χ0v) is 12.5. The first kappa shape index (κ1) is 14.0. The molecule has 19 heavy (non-hydrogen) atoms. The Balaban J connectivity index is 2.34. The van der Waals surface area contributed by atoms with Gasteiger partial charge in [-0.3, -0.25) is 0 Å². The second kappa shape index (κ2) is 5.72. The molecule has 0 aliphatic heterocycles. The Morgan fingerprint density at radius 1 is 1.16 bits per heavy atom. The molecule has 0 fully saturated rings. The molecule has 0 aromatic heterocycles. The van der Waals surface area contributed by atoms with Crippen LogP contribution in [0.1, 0.15) is 18.5 Å². The van der Waals surface area contributed by atoms with Crippen molar-refractivity contribution in [1.82, 2.24) is 0 Å². The van der Waals surface area contributed by atoms with E-state index in [0.717, 1.165) is 21.4 Å². The van der Waals surface area contributed by atoms with Crippen molar-refractivity contribution in [3.05, 3.63) is 58.3 Å². The number of hydrogen-bond acceptors (Lipinski definition) is 2. The molecule has 0 aliphatic carbocycles. The number of hydrogen-bond donors (Lipinski definition) is 1. The summed E-state index contributed by atoms with van der Waals surface area (Å²) in [4.78, 5) is 1.93. The second-order valence-corrected chi connectivity index (χ2v) is 5.39. The third-order valence-corrected chi connectivity index (χ3v) is 3.74. The molecule has 0 amide bonds. The molecule has 0 bridgehead atoms. The molecule has 2 rings (SSSR count). The third-order valence-electron chi connectivity index (χ3n) is 3.06. The summed E-state index contributed by atoms with van der Waals surface area (Å²) in [6.45, 7) is 1.94. The van der Waals surface area contributed by atoms with Gasteiger partial charge in [-0.25, -0.2) is 4.39 Å². The lowest BCUT2D eigenvalue weighted by molar-refractivity contribution is 0.628. The van der Waals surface area contributed by atoms with Crippen molar-refractivity contribution in [3.63, 3.8) is 0 Å². The van der Waals surface area contributed by atoms with Crippen LogP contribution in [0.3, 0.4) is 0 Å². The van der Waals surface area contributed by atoms with Crippen molar-refractivity contribution >= 4 is 27.3 Å². The van der Waals surface area contributed by atoms with Gasteiger partial charge in [0.15, 0.2) is 0 Å². The minimum absolute atomic E-state index is 0.0251. The molecule has 0 unspecified atom stereocenters. The van der Waals surface area contributed by atoms with E-state index in [1.807, 2.05) is 43.1 Å². The Hall–Kier alpha value is -1.39. The Labute approximate surface area is 121 Å². The normalized spacial score (nSPS) is 12.3. The highest BCUT2D eigenvalue weighted by Gasteiger charge is 2.09. The predicted octanol–water partition coefficient (Wildman–Crippen LogP) is 4.38. The molecular formula is C15H16BrFN2. The fourth-order valence-corrected chi connectivity index (χ4v) is 2.66. The molecule has 0 saturated carbocycles. The molecule has 2 N–H and O–H groups in total. The molecule has 2 nitrogen and oxygen atoms in total. The summed E-state index contributed by atoms with van der Waals surface area (Å²) in [5.74, 6) is -0.240. The minimum atomic E-state index is -0.240. The van der Waals surface area contributed by atoms with Crippen LogP contribution in [-0.4, -0.2) is 7.05 Å². The first-order chi connectivity index (χ1) is 8.99. The van der Waals surface area contributed by atoms with Crippen LogP contribution in [0.4, 0.5) is 15.8 Å². The largest absolute Gasteiger partial charge is 0.345 e. The standard InChI is InChI=1S/C15H16BrFN2/c1-10(18)14-7-6-13(9-15(14)16)19(2)12-5-3-4-11(17)8-12/h3-10H,18H2,1-2H3/t10-/m0/s1. The van der Waals surface area contributed by atoms with E-state index in [2.05, 4.69) is 15.9 Å². The van der Waals surface area contributed by atoms with E-state index < -0.39 is 0 Å². The summed E-state index contributed by atoms with van der Waals surface area (Å²) in [5, 5.41) is 0. The summed E-state index contributed by atoms with van der Waals surface area (Å²) >= 11 is 3.52. The van der Waals surface area contributed by atoms with Crippen molar-refractivity contribution in [3.8, 4) is 0 Å². The maximum atomic E-state index is 13.2. The zero-order valence-electron chi connectivity index (χ0n) is 10.9. The Bertz CT molecular complexity index is 584. The van der Waals surface area contributed by atoms with Crippen molar-refractivity contribution in [2.45, 2.75) is 13.0 Å². The second-order valence-electron chi connectivity index (χ2n) is 4.53. The first-order valence-corrected chi connectivity index (χ1v) is 6.82. The first-order valence-electron chi connectivity index (χ1n) is 6.03. The fourth-order valence-electron chi connectivity index (χ4n) is 1.93. The summed E-state index contributed by atoms with van der Waals surface area (Å²) < 4.78 is 14.2. The molecule has 2 aromatic rings. The summed E-state index contributed by atoms with van der Waals surface area (Å²) in [5.41, 5.74) is 8.71. The molecule has 0 heterocycles. The van der Waals surface area contributed by atoms with E-state index in [1.54, 1.807) is 6.07 Å².